The molecule has 2 aliphatic rings. The molecule has 1 saturated carbocycles. The number of nitrogens with one attached hydrogen (secondary N) is 2. The van der Waals surface area contributed by atoms with Crippen LogP contribution in [-0.2, 0) is 4.79 Å². The molecule has 1 aromatic carbocycles. The highest BCUT2D eigenvalue weighted by molar-refractivity contribution is 7.22. The molecule has 2 aromatic rings. The first-order chi connectivity index (χ1) is 10.8. The van der Waals surface area contributed by atoms with E-state index in [2.05, 4.69) is 33.0 Å². The Kier molecular flexibility index (Phi) is 3.38. The summed E-state index contributed by atoms with van der Waals surface area (Å²) in [5, 5.41) is 8.06. The first-order valence-electron chi connectivity index (χ1n) is 7.41. The first-order valence-corrected chi connectivity index (χ1v) is 8.22. The van der Waals surface area contributed by atoms with Crippen LogP contribution < -0.4 is 10.7 Å². The van der Waals surface area contributed by atoms with Gasteiger partial charge in [-0.1, -0.05) is 35.6 Å². The van der Waals surface area contributed by atoms with Gasteiger partial charge in [-0.3, -0.25) is 4.79 Å². The Morgan fingerprint density at radius 1 is 1.41 bits per heavy atom. The molecule has 5 nitrogen and oxygen atoms in total. The van der Waals surface area contributed by atoms with E-state index in [0.29, 0.717) is 11.8 Å². The average Bonchev–Trinajstić information content (AvgIpc) is 3.09. The summed E-state index contributed by atoms with van der Waals surface area (Å²) < 4.78 is 1.11. The minimum absolute atomic E-state index is 0.138. The van der Waals surface area contributed by atoms with E-state index in [1.54, 1.807) is 11.3 Å². The molecular formula is C16H16N4OS. The van der Waals surface area contributed by atoms with E-state index in [9.17, 15) is 4.79 Å². The topological polar surface area (TPSA) is 66.4 Å². The minimum atomic E-state index is -0.138. The van der Waals surface area contributed by atoms with Crippen molar-refractivity contribution < 1.29 is 4.79 Å². The Morgan fingerprint density at radius 2 is 2.32 bits per heavy atom. The summed E-state index contributed by atoms with van der Waals surface area (Å²) in [7, 11) is 0. The number of carbonyl (C=O) groups is 1. The average molecular weight is 312 g/mol. The molecule has 112 valence electrons. The number of carbonyl (C=O) groups excluding carboxylic acids is 1. The highest BCUT2D eigenvalue weighted by Crippen LogP contribution is 2.40. The summed E-state index contributed by atoms with van der Waals surface area (Å²) in [5.74, 6) is 1.04. The van der Waals surface area contributed by atoms with Gasteiger partial charge < -0.3 is 5.32 Å². The molecule has 0 radical (unpaired) electrons. The molecule has 1 heterocycles. The lowest BCUT2D eigenvalue weighted by Crippen LogP contribution is -2.36. The zero-order valence-corrected chi connectivity index (χ0v) is 12.8. The molecule has 6 heteroatoms. The maximum absolute atomic E-state index is 11.8. The van der Waals surface area contributed by atoms with Crippen molar-refractivity contribution in [3.05, 3.63) is 36.4 Å². The van der Waals surface area contributed by atoms with Crippen LogP contribution in [-0.4, -0.2) is 23.1 Å². The van der Waals surface area contributed by atoms with Crippen LogP contribution >= 0.6 is 11.3 Å². The molecule has 22 heavy (non-hydrogen) atoms. The van der Waals surface area contributed by atoms with Crippen molar-refractivity contribution in [3.63, 3.8) is 0 Å². The molecule has 4 rings (SSSR count). The number of fused-ring (bicyclic) bond motifs is 2. The van der Waals surface area contributed by atoms with E-state index < -0.39 is 0 Å². The van der Waals surface area contributed by atoms with Crippen LogP contribution in [0.3, 0.4) is 0 Å². The molecule has 2 N–H and O–H groups in total. The maximum atomic E-state index is 11.8. The number of anilines is 1. The number of thiazole rings is 1. The van der Waals surface area contributed by atoms with Crippen molar-refractivity contribution in [2.24, 2.45) is 16.9 Å². The predicted octanol–water partition coefficient (Wildman–Crippen LogP) is 2.78. The molecule has 1 amide bonds. The van der Waals surface area contributed by atoms with Crippen LogP contribution in [0.1, 0.15) is 12.8 Å². The van der Waals surface area contributed by atoms with Crippen LogP contribution in [0.25, 0.3) is 10.2 Å². The second-order valence-corrected chi connectivity index (χ2v) is 6.65. The Morgan fingerprint density at radius 3 is 3.18 bits per heavy atom. The number of benzene rings is 1. The largest absolute Gasteiger partial charge is 0.352 e. The van der Waals surface area contributed by atoms with Crippen molar-refractivity contribution in [2.45, 2.75) is 12.8 Å². The SMILES string of the molecule is O=C(CNc1nc2ccccc2s1)N/N=C1/C[C@@H]2C=CC[C@@H]12. The number of hydrazone groups is 1. The summed E-state index contributed by atoms with van der Waals surface area (Å²) in [4.78, 5) is 16.3. The fourth-order valence-corrected chi connectivity index (χ4v) is 3.80. The molecule has 1 aromatic heterocycles. The fraction of sp³-hybridized carbons (Fsp3) is 0.312. The van der Waals surface area contributed by atoms with Crippen LogP contribution in [0.4, 0.5) is 5.13 Å². The van der Waals surface area contributed by atoms with Gasteiger partial charge in [0.05, 0.1) is 16.8 Å². The Hall–Kier alpha value is -2.21. The van der Waals surface area contributed by atoms with Gasteiger partial charge in [0.2, 0.25) is 0 Å². The zero-order valence-electron chi connectivity index (χ0n) is 12.0. The van der Waals surface area contributed by atoms with Gasteiger partial charge in [-0.05, 0) is 30.9 Å². The molecule has 2 atom stereocenters. The fourth-order valence-electron chi connectivity index (χ4n) is 2.94. The van der Waals surface area contributed by atoms with Gasteiger partial charge in [0.1, 0.15) is 0 Å². The third-order valence-corrected chi connectivity index (χ3v) is 5.18. The van der Waals surface area contributed by atoms with Gasteiger partial charge in [-0.25, -0.2) is 10.4 Å². The highest BCUT2D eigenvalue weighted by Gasteiger charge is 2.37. The lowest BCUT2D eigenvalue weighted by molar-refractivity contribution is -0.119. The van der Waals surface area contributed by atoms with E-state index in [1.807, 2.05) is 24.3 Å². The van der Waals surface area contributed by atoms with Crippen LogP contribution in [0.5, 0.6) is 0 Å². The molecule has 0 aliphatic heterocycles. The number of rotatable bonds is 4. The summed E-state index contributed by atoms with van der Waals surface area (Å²) in [5.41, 5.74) is 4.70. The lowest BCUT2D eigenvalue weighted by Gasteiger charge is -2.31. The van der Waals surface area contributed by atoms with E-state index in [0.717, 1.165) is 33.9 Å². The summed E-state index contributed by atoms with van der Waals surface area (Å²) in [6, 6.07) is 7.92. The molecule has 0 unspecified atom stereocenters. The van der Waals surface area contributed by atoms with Crippen molar-refractivity contribution in [1.29, 1.82) is 0 Å². The van der Waals surface area contributed by atoms with Gasteiger partial charge >= 0.3 is 0 Å². The molecular weight excluding hydrogens is 296 g/mol. The van der Waals surface area contributed by atoms with E-state index >= 15 is 0 Å². The summed E-state index contributed by atoms with van der Waals surface area (Å²) in [6.07, 6.45) is 6.49. The Balaban J connectivity index is 1.30. The number of hydrogen-bond donors (Lipinski definition) is 2. The number of para-hydroxylation sites is 1. The number of allylic oxidation sites excluding steroid dienone is 2. The van der Waals surface area contributed by atoms with Crippen molar-refractivity contribution in [3.8, 4) is 0 Å². The molecule has 2 aliphatic carbocycles. The Labute approximate surface area is 132 Å². The number of amides is 1. The van der Waals surface area contributed by atoms with E-state index in [1.165, 1.54) is 0 Å². The van der Waals surface area contributed by atoms with Crippen molar-refractivity contribution in [2.75, 3.05) is 11.9 Å². The van der Waals surface area contributed by atoms with Crippen LogP contribution in [0.2, 0.25) is 0 Å². The van der Waals surface area contributed by atoms with E-state index in [4.69, 9.17) is 0 Å². The van der Waals surface area contributed by atoms with Gasteiger partial charge in [-0.2, -0.15) is 5.10 Å². The van der Waals surface area contributed by atoms with Gasteiger partial charge in [0.25, 0.3) is 5.91 Å². The second kappa shape index (κ2) is 5.53. The molecule has 1 fully saturated rings. The highest BCUT2D eigenvalue weighted by atomic mass is 32.1. The van der Waals surface area contributed by atoms with Gasteiger partial charge in [-0.15, -0.1) is 0 Å². The summed E-state index contributed by atoms with van der Waals surface area (Å²) >= 11 is 1.55. The normalized spacial score (nSPS) is 24.3. The number of nitrogens with zero attached hydrogens (tertiary/aromatic N) is 2. The molecule has 0 bridgehead atoms. The van der Waals surface area contributed by atoms with Crippen LogP contribution in [0, 0.1) is 11.8 Å². The predicted molar refractivity (Wildman–Crippen MR) is 89.0 cm³/mol. The monoisotopic (exact) mass is 312 g/mol. The summed E-state index contributed by atoms with van der Waals surface area (Å²) in [6.45, 7) is 0.183. The standard InChI is InChI=1S/C16H16N4OS/c21-15(20-19-13-8-10-4-3-5-11(10)13)9-17-16-18-12-6-1-2-7-14(12)22-16/h1-4,6-7,10-11H,5,8-9H2,(H,17,18)(H,20,21)/b19-13-/t10-,11+/m0/s1. The lowest BCUT2D eigenvalue weighted by atomic mass is 9.74. The van der Waals surface area contributed by atoms with Crippen LogP contribution in [0.15, 0.2) is 41.5 Å². The van der Waals surface area contributed by atoms with Gasteiger partial charge in [0, 0.05) is 11.6 Å². The van der Waals surface area contributed by atoms with Crippen molar-refractivity contribution >= 4 is 38.3 Å². The molecule has 0 spiro atoms. The third-order valence-electron chi connectivity index (χ3n) is 4.18. The van der Waals surface area contributed by atoms with Crippen molar-refractivity contribution in [1.82, 2.24) is 10.4 Å². The number of hydrogen-bond acceptors (Lipinski definition) is 5. The third kappa shape index (κ3) is 2.50. The first kappa shape index (κ1) is 13.5. The van der Waals surface area contributed by atoms with E-state index in [-0.39, 0.29) is 12.5 Å². The quantitative estimate of drug-likeness (QED) is 0.674. The second-order valence-electron chi connectivity index (χ2n) is 5.62. The smallest absolute Gasteiger partial charge is 0.259 e. The molecule has 0 saturated heterocycles. The Bertz CT molecular complexity index is 746. The number of aromatic nitrogens is 1. The minimum Gasteiger partial charge on any atom is -0.352 e. The maximum Gasteiger partial charge on any atom is 0.259 e. The zero-order chi connectivity index (χ0) is 14.9. The van der Waals surface area contributed by atoms with Gasteiger partial charge in [0.15, 0.2) is 5.13 Å².